The van der Waals surface area contributed by atoms with Crippen molar-refractivity contribution in [3.8, 4) is 11.4 Å². The number of hydrogen-bond acceptors (Lipinski definition) is 4. The van der Waals surface area contributed by atoms with E-state index < -0.39 is 5.97 Å². The van der Waals surface area contributed by atoms with Gasteiger partial charge in [-0.05, 0) is 12.1 Å². The molecule has 0 aliphatic heterocycles. The van der Waals surface area contributed by atoms with Gasteiger partial charge in [0.2, 0.25) is 0 Å². The maximum Gasteiger partial charge on any atom is 0.337 e. The third-order valence-electron chi connectivity index (χ3n) is 2.53. The first-order valence-corrected chi connectivity index (χ1v) is 6.47. The Hall–Kier alpha value is -1.75. The standard InChI is InChI=1S/C13H14N2O2S/c1-13(2,3)11-8(12(16)17)4-5-9(15-11)10-6-18-7-14-10/h4-7H,1-3H3,(H,16,17). The van der Waals surface area contributed by atoms with Gasteiger partial charge in [-0.15, -0.1) is 11.3 Å². The summed E-state index contributed by atoms with van der Waals surface area (Å²) in [4.78, 5) is 19.9. The number of pyridine rings is 1. The third kappa shape index (κ3) is 2.41. The number of nitrogens with zero attached hydrogens (tertiary/aromatic N) is 2. The van der Waals surface area contributed by atoms with Crippen LogP contribution in [0.25, 0.3) is 11.4 Å². The largest absolute Gasteiger partial charge is 0.478 e. The highest BCUT2D eigenvalue weighted by molar-refractivity contribution is 7.07. The molecule has 0 fully saturated rings. The van der Waals surface area contributed by atoms with Crippen molar-refractivity contribution >= 4 is 17.3 Å². The predicted molar refractivity (Wildman–Crippen MR) is 71.0 cm³/mol. The highest BCUT2D eigenvalue weighted by Gasteiger charge is 2.24. The van der Waals surface area contributed by atoms with E-state index in [1.54, 1.807) is 17.6 Å². The van der Waals surface area contributed by atoms with Crippen LogP contribution < -0.4 is 0 Å². The first kappa shape index (κ1) is 12.7. The number of hydrogen-bond donors (Lipinski definition) is 1. The zero-order valence-electron chi connectivity index (χ0n) is 10.5. The van der Waals surface area contributed by atoms with Gasteiger partial charge in [0.15, 0.2) is 0 Å². The minimum Gasteiger partial charge on any atom is -0.478 e. The molecule has 0 amide bonds. The average Bonchev–Trinajstić information content (AvgIpc) is 2.80. The Balaban J connectivity index is 2.60. The predicted octanol–water partition coefficient (Wildman–Crippen LogP) is 3.20. The van der Waals surface area contributed by atoms with Gasteiger partial charge >= 0.3 is 5.97 Å². The van der Waals surface area contributed by atoms with Crippen molar-refractivity contribution < 1.29 is 9.90 Å². The SMILES string of the molecule is CC(C)(C)c1nc(-c2cscn2)ccc1C(=O)O. The van der Waals surface area contributed by atoms with Crippen LogP contribution in [-0.4, -0.2) is 21.0 Å². The lowest BCUT2D eigenvalue weighted by molar-refractivity contribution is 0.0693. The number of rotatable bonds is 2. The molecule has 2 heterocycles. The first-order chi connectivity index (χ1) is 8.39. The minimum atomic E-state index is -0.947. The van der Waals surface area contributed by atoms with Crippen LogP contribution in [0.1, 0.15) is 36.8 Å². The minimum absolute atomic E-state index is 0.251. The Morgan fingerprint density at radius 3 is 2.50 bits per heavy atom. The molecule has 1 N–H and O–H groups in total. The Kier molecular flexibility index (Phi) is 3.17. The summed E-state index contributed by atoms with van der Waals surface area (Å²) in [7, 11) is 0. The number of aromatic carboxylic acids is 1. The van der Waals surface area contributed by atoms with Gasteiger partial charge in [-0.25, -0.2) is 14.8 Å². The quantitative estimate of drug-likeness (QED) is 0.902. The molecule has 0 aliphatic carbocycles. The molecule has 4 nitrogen and oxygen atoms in total. The Labute approximate surface area is 109 Å². The average molecular weight is 262 g/mol. The molecule has 0 atom stereocenters. The van der Waals surface area contributed by atoms with E-state index in [2.05, 4.69) is 9.97 Å². The van der Waals surface area contributed by atoms with Gasteiger partial charge in [-0.2, -0.15) is 0 Å². The lowest BCUT2D eigenvalue weighted by atomic mass is 9.88. The second-order valence-corrected chi connectivity index (χ2v) is 5.74. The summed E-state index contributed by atoms with van der Waals surface area (Å²) in [6.07, 6.45) is 0. The van der Waals surface area contributed by atoms with E-state index in [0.717, 1.165) is 5.69 Å². The molecule has 0 saturated carbocycles. The zero-order chi connectivity index (χ0) is 13.3. The van der Waals surface area contributed by atoms with Crippen LogP contribution >= 0.6 is 11.3 Å². The van der Waals surface area contributed by atoms with Crippen molar-refractivity contribution in [2.24, 2.45) is 0 Å². The van der Waals surface area contributed by atoms with E-state index >= 15 is 0 Å². The van der Waals surface area contributed by atoms with E-state index in [4.69, 9.17) is 0 Å². The number of aromatic nitrogens is 2. The van der Waals surface area contributed by atoms with E-state index in [1.807, 2.05) is 26.2 Å². The van der Waals surface area contributed by atoms with Crippen LogP contribution in [0.4, 0.5) is 0 Å². The molecule has 2 aromatic heterocycles. The summed E-state index contributed by atoms with van der Waals surface area (Å²) in [6.45, 7) is 5.85. The van der Waals surface area contributed by atoms with Gasteiger partial charge in [0.1, 0.15) is 0 Å². The molecule has 0 bridgehead atoms. The normalized spacial score (nSPS) is 11.5. The Morgan fingerprint density at radius 2 is 2.00 bits per heavy atom. The highest BCUT2D eigenvalue weighted by atomic mass is 32.1. The van der Waals surface area contributed by atoms with Crippen LogP contribution in [-0.2, 0) is 5.41 Å². The van der Waals surface area contributed by atoms with Crippen molar-refractivity contribution in [1.82, 2.24) is 9.97 Å². The van der Waals surface area contributed by atoms with Crippen molar-refractivity contribution in [2.45, 2.75) is 26.2 Å². The molecule has 18 heavy (non-hydrogen) atoms. The van der Waals surface area contributed by atoms with E-state index in [-0.39, 0.29) is 11.0 Å². The van der Waals surface area contributed by atoms with Gasteiger partial charge in [0.25, 0.3) is 0 Å². The summed E-state index contributed by atoms with van der Waals surface area (Å²) in [6, 6.07) is 3.30. The van der Waals surface area contributed by atoms with Crippen LogP contribution in [0.2, 0.25) is 0 Å². The molecular weight excluding hydrogens is 248 g/mol. The summed E-state index contributed by atoms with van der Waals surface area (Å²) < 4.78 is 0. The van der Waals surface area contributed by atoms with E-state index in [0.29, 0.717) is 11.4 Å². The van der Waals surface area contributed by atoms with Gasteiger partial charge < -0.3 is 5.11 Å². The van der Waals surface area contributed by atoms with Gasteiger partial charge in [-0.1, -0.05) is 20.8 Å². The molecular formula is C13H14N2O2S. The molecule has 0 aromatic carbocycles. The molecule has 94 valence electrons. The zero-order valence-corrected chi connectivity index (χ0v) is 11.3. The maximum absolute atomic E-state index is 11.2. The Bertz CT molecular complexity index is 571. The molecule has 5 heteroatoms. The fourth-order valence-electron chi connectivity index (χ4n) is 1.69. The molecule has 0 aliphatic rings. The van der Waals surface area contributed by atoms with Gasteiger partial charge in [0, 0.05) is 10.8 Å². The number of carbonyl (C=O) groups is 1. The number of carboxylic acid groups (broad SMARTS) is 1. The topological polar surface area (TPSA) is 63.1 Å². The summed E-state index contributed by atoms with van der Waals surface area (Å²) >= 11 is 1.49. The Morgan fingerprint density at radius 1 is 1.28 bits per heavy atom. The van der Waals surface area contributed by atoms with Crippen molar-refractivity contribution in [3.05, 3.63) is 34.3 Å². The number of thiazole rings is 1. The summed E-state index contributed by atoms with van der Waals surface area (Å²) in [5.74, 6) is -0.947. The molecule has 0 radical (unpaired) electrons. The molecule has 2 rings (SSSR count). The van der Waals surface area contributed by atoms with E-state index in [9.17, 15) is 9.90 Å². The third-order valence-corrected chi connectivity index (χ3v) is 3.12. The van der Waals surface area contributed by atoms with Crippen LogP contribution in [0.3, 0.4) is 0 Å². The van der Waals surface area contributed by atoms with Crippen LogP contribution in [0.5, 0.6) is 0 Å². The second kappa shape index (κ2) is 4.49. The first-order valence-electron chi connectivity index (χ1n) is 5.53. The van der Waals surface area contributed by atoms with Crippen molar-refractivity contribution in [3.63, 3.8) is 0 Å². The van der Waals surface area contributed by atoms with E-state index in [1.165, 1.54) is 11.3 Å². The lowest BCUT2D eigenvalue weighted by Gasteiger charge is -2.20. The maximum atomic E-state index is 11.2. The molecule has 2 aromatic rings. The molecule has 0 unspecified atom stereocenters. The van der Waals surface area contributed by atoms with Crippen LogP contribution in [0.15, 0.2) is 23.0 Å². The van der Waals surface area contributed by atoms with Gasteiger partial charge in [-0.3, -0.25) is 0 Å². The highest BCUT2D eigenvalue weighted by Crippen LogP contribution is 2.27. The monoisotopic (exact) mass is 262 g/mol. The number of carboxylic acids is 1. The lowest BCUT2D eigenvalue weighted by Crippen LogP contribution is -2.19. The smallest absolute Gasteiger partial charge is 0.337 e. The van der Waals surface area contributed by atoms with Gasteiger partial charge in [0.05, 0.1) is 28.2 Å². The fourth-order valence-corrected chi connectivity index (χ4v) is 2.23. The molecule has 0 saturated heterocycles. The summed E-state index contributed by atoms with van der Waals surface area (Å²) in [5.41, 5.74) is 3.74. The van der Waals surface area contributed by atoms with Crippen molar-refractivity contribution in [1.29, 1.82) is 0 Å². The second-order valence-electron chi connectivity index (χ2n) is 5.02. The summed E-state index contributed by atoms with van der Waals surface area (Å²) in [5, 5.41) is 11.1. The molecule has 0 spiro atoms. The van der Waals surface area contributed by atoms with Crippen molar-refractivity contribution in [2.75, 3.05) is 0 Å². The van der Waals surface area contributed by atoms with Crippen LogP contribution in [0, 0.1) is 0 Å². The fraction of sp³-hybridized carbons (Fsp3) is 0.308.